The van der Waals surface area contributed by atoms with Gasteiger partial charge in [0.1, 0.15) is 4.90 Å². The standard InChI is InChI=1S/C27H28ClN3O5S/c1-17-9-11-20(14-18(17)2)31-37(34,35)25-15-19(10-12-23(25)28)26(32)30-24-8-4-3-7-22(24)27(33)29-16-21-6-5-13-36-21/h3-4,7-12,14-15,21,31H,5-6,13,16H2,1-2H3,(H,29,33)(H,30,32)/t21-/m1/s1. The van der Waals surface area contributed by atoms with Gasteiger partial charge in [-0.1, -0.05) is 29.8 Å². The van der Waals surface area contributed by atoms with E-state index in [4.69, 9.17) is 16.3 Å². The molecule has 1 fully saturated rings. The Labute approximate surface area is 221 Å². The van der Waals surface area contributed by atoms with E-state index in [0.717, 1.165) is 24.0 Å². The lowest BCUT2D eigenvalue weighted by Gasteiger charge is -2.15. The van der Waals surface area contributed by atoms with E-state index in [1.54, 1.807) is 36.4 Å². The highest BCUT2D eigenvalue weighted by molar-refractivity contribution is 7.92. The van der Waals surface area contributed by atoms with Gasteiger partial charge in [-0.2, -0.15) is 0 Å². The molecule has 1 atom stereocenters. The molecule has 1 heterocycles. The lowest BCUT2D eigenvalue weighted by Crippen LogP contribution is -2.32. The number of hydrogen-bond acceptors (Lipinski definition) is 5. The molecule has 0 bridgehead atoms. The molecule has 0 radical (unpaired) electrons. The van der Waals surface area contributed by atoms with Gasteiger partial charge in [-0.05, 0) is 80.3 Å². The quantitative estimate of drug-likeness (QED) is 0.374. The summed E-state index contributed by atoms with van der Waals surface area (Å²) in [6, 6.07) is 15.8. The third-order valence-corrected chi connectivity index (χ3v) is 8.04. The normalized spacial score (nSPS) is 15.3. The van der Waals surface area contributed by atoms with Gasteiger partial charge in [0.2, 0.25) is 0 Å². The van der Waals surface area contributed by atoms with Gasteiger partial charge in [-0.15, -0.1) is 0 Å². The fraction of sp³-hybridized carbons (Fsp3) is 0.259. The second kappa shape index (κ2) is 11.3. The lowest BCUT2D eigenvalue weighted by atomic mass is 10.1. The summed E-state index contributed by atoms with van der Waals surface area (Å²) < 4.78 is 34.2. The summed E-state index contributed by atoms with van der Waals surface area (Å²) >= 11 is 6.21. The van der Waals surface area contributed by atoms with Crippen LogP contribution in [0.1, 0.15) is 44.7 Å². The van der Waals surface area contributed by atoms with Gasteiger partial charge in [-0.25, -0.2) is 8.42 Å². The van der Waals surface area contributed by atoms with Crippen molar-refractivity contribution in [2.24, 2.45) is 0 Å². The van der Waals surface area contributed by atoms with Gasteiger partial charge in [-0.3, -0.25) is 14.3 Å². The van der Waals surface area contributed by atoms with E-state index in [-0.39, 0.29) is 33.1 Å². The van der Waals surface area contributed by atoms with Gasteiger partial charge in [0.25, 0.3) is 21.8 Å². The predicted molar refractivity (Wildman–Crippen MR) is 144 cm³/mol. The maximum atomic E-state index is 13.1. The summed E-state index contributed by atoms with van der Waals surface area (Å²) in [5.41, 5.74) is 2.99. The van der Waals surface area contributed by atoms with Gasteiger partial charge >= 0.3 is 0 Å². The molecule has 0 aliphatic carbocycles. The zero-order chi connectivity index (χ0) is 26.6. The van der Waals surface area contributed by atoms with Crippen molar-refractivity contribution in [2.45, 2.75) is 37.7 Å². The first-order chi connectivity index (χ1) is 17.6. The highest BCUT2D eigenvalue weighted by Gasteiger charge is 2.22. The number of carbonyl (C=O) groups is 2. The number of benzene rings is 3. The molecule has 0 unspecified atom stereocenters. The fourth-order valence-electron chi connectivity index (χ4n) is 3.96. The Balaban J connectivity index is 1.52. The first-order valence-electron chi connectivity index (χ1n) is 11.8. The van der Waals surface area contributed by atoms with Crippen molar-refractivity contribution in [1.82, 2.24) is 5.32 Å². The molecular formula is C27H28ClN3O5S. The van der Waals surface area contributed by atoms with Crippen LogP contribution in [0.25, 0.3) is 0 Å². The van der Waals surface area contributed by atoms with Crippen molar-refractivity contribution in [3.05, 3.63) is 87.9 Å². The molecule has 1 aliphatic heterocycles. The van der Waals surface area contributed by atoms with Crippen molar-refractivity contribution in [3.63, 3.8) is 0 Å². The summed E-state index contributed by atoms with van der Waals surface area (Å²) in [4.78, 5) is 25.6. The molecule has 8 nitrogen and oxygen atoms in total. The van der Waals surface area contributed by atoms with Crippen LogP contribution in [0.3, 0.4) is 0 Å². The number of sulfonamides is 1. The largest absolute Gasteiger partial charge is 0.376 e. The third kappa shape index (κ3) is 6.49. The smallest absolute Gasteiger partial charge is 0.263 e. The Morgan fingerprint density at radius 3 is 2.51 bits per heavy atom. The minimum absolute atomic E-state index is 0.0161. The molecular weight excluding hydrogens is 514 g/mol. The van der Waals surface area contributed by atoms with E-state index in [2.05, 4.69) is 15.4 Å². The first kappa shape index (κ1) is 26.7. The van der Waals surface area contributed by atoms with Gasteiger partial charge < -0.3 is 15.4 Å². The maximum absolute atomic E-state index is 13.1. The number of nitrogens with one attached hydrogen (secondary N) is 3. The van der Waals surface area contributed by atoms with Crippen LogP contribution >= 0.6 is 11.6 Å². The third-order valence-electron chi connectivity index (χ3n) is 6.18. The molecule has 2 amide bonds. The number of carbonyl (C=O) groups excluding carboxylic acids is 2. The molecule has 0 spiro atoms. The Hall–Kier alpha value is -3.40. The lowest BCUT2D eigenvalue weighted by molar-refractivity contribution is 0.0858. The van der Waals surface area contributed by atoms with Gasteiger partial charge in [0, 0.05) is 24.4 Å². The zero-order valence-corrected chi connectivity index (χ0v) is 22.1. The summed E-state index contributed by atoms with van der Waals surface area (Å²) in [6.45, 7) is 4.88. The molecule has 3 N–H and O–H groups in total. The molecule has 1 saturated heterocycles. The molecule has 37 heavy (non-hydrogen) atoms. The van der Waals surface area contributed by atoms with Crippen LogP contribution in [0.2, 0.25) is 5.02 Å². The van der Waals surface area contributed by atoms with Crippen LogP contribution in [0.15, 0.2) is 65.6 Å². The van der Waals surface area contributed by atoms with E-state index < -0.39 is 15.9 Å². The molecule has 4 rings (SSSR count). The number of ether oxygens (including phenoxy) is 1. The van der Waals surface area contributed by atoms with Gasteiger partial charge in [0.15, 0.2) is 0 Å². The summed E-state index contributed by atoms with van der Waals surface area (Å²) in [7, 11) is -4.08. The number of rotatable bonds is 8. The minimum Gasteiger partial charge on any atom is -0.376 e. The van der Waals surface area contributed by atoms with Crippen LogP contribution in [-0.2, 0) is 14.8 Å². The highest BCUT2D eigenvalue weighted by atomic mass is 35.5. The van der Waals surface area contributed by atoms with Crippen LogP contribution in [0.4, 0.5) is 11.4 Å². The van der Waals surface area contributed by atoms with Crippen LogP contribution in [0, 0.1) is 13.8 Å². The first-order valence-corrected chi connectivity index (χ1v) is 13.7. The average molecular weight is 542 g/mol. The zero-order valence-electron chi connectivity index (χ0n) is 20.5. The van der Waals surface area contributed by atoms with E-state index in [1.165, 1.54) is 18.2 Å². The van der Waals surface area contributed by atoms with Crippen LogP contribution < -0.4 is 15.4 Å². The monoisotopic (exact) mass is 541 g/mol. The summed E-state index contributed by atoms with van der Waals surface area (Å²) in [5, 5.41) is 5.52. The summed E-state index contributed by atoms with van der Waals surface area (Å²) in [5.74, 6) is -0.929. The Bertz CT molecular complexity index is 1440. The number of aryl methyl sites for hydroxylation is 2. The molecule has 3 aromatic carbocycles. The molecule has 0 aromatic heterocycles. The Kier molecular flexibility index (Phi) is 8.16. The molecule has 10 heteroatoms. The van der Waals surface area contributed by atoms with Crippen LogP contribution in [0.5, 0.6) is 0 Å². The minimum atomic E-state index is -4.08. The maximum Gasteiger partial charge on any atom is 0.263 e. The second-order valence-corrected chi connectivity index (χ2v) is 11.0. The van der Waals surface area contributed by atoms with E-state index >= 15 is 0 Å². The predicted octanol–water partition coefficient (Wildman–Crippen LogP) is 4.92. The summed E-state index contributed by atoms with van der Waals surface area (Å²) in [6.07, 6.45) is 1.84. The van der Waals surface area contributed by atoms with Crippen molar-refractivity contribution in [3.8, 4) is 0 Å². The topological polar surface area (TPSA) is 114 Å². The van der Waals surface area contributed by atoms with Gasteiger partial charge in [0.05, 0.1) is 22.4 Å². The number of halogens is 1. The number of para-hydroxylation sites is 1. The molecule has 194 valence electrons. The van der Waals surface area contributed by atoms with E-state index in [0.29, 0.717) is 24.5 Å². The number of anilines is 2. The SMILES string of the molecule is Cc1ccc(NS(=O)(=O)c2cc(C(=O)Nc3ccccc3C(=O)NC[C@H]3CCCO3)ccc2Cl)cc1C. The fourth-order valence-corrected chi connectivity index (χ4v) is 5.53. The van der Waals surface area contributed by atoms with Crippen molar-refractivity contribution < 1.29 is 22.7 Å². The van der Waals surface area contributed by atoms with E-state index in [9.17, 15) is 18.0 Å². The Morgan fingerprint density at radius 1 is 1.00 bits per heavy atom. The molecule has 1 aliphatic rings. The second-order valence-electron chi connectivity index (χ2n) is 8.89. The van der Waals surface area contributed by atoms with Crippen molar-refractivity contribution in [1.29, 1.82) is 0 Å². The molecule has 3 aromatic rings. The van der Waals surface area contributed by atoms with E-state index in [1.807, 2.05) is 19.9 Å². The van der Waals surface area contributed by atoms with Crippen LogP contribution in [-0.4, -0.2) is 39.5 Å². The highest BCUT2D eigenvalue weighted by Crippen LogP contribution is 2.27. The molecule has 0 saturated carbocycles. The number of amides is 2. The number of hydrogen-bond donors (Lipinski definition) is 3. The average Bonchev–Trinajstić information content (AvgIpc) is 3.39. The Morgan fingerprint density at radius 2 is 1.78 bits per heavy atom. The van der Waals surface area contributed by atoms with Crippen molar-refractivity contribution in [2.75, 3.05) is 23.2 Å². The van der Waals surface area contributed by atoms with Crippen molar-refractivity contribution >= 4 is 44.8 Å².